The third kappa shape index (κ3) is 2.25. The number of hydrogen-bond acceptors (Lipinski definition) is 2. The van der Waals surface area contributed by atoms with Crippen LogP contribution in [0.3, 0.4) is 0 Å². The minimum Gasteiger partial charge on any atom is -0.485 e. The summed E-state index contributed by atoms with van der Waals surface area (Å²) in [5.41, 5.74) is 6.91. The lowest BCUT2D eigenvalue weighted by Crippen LogP contribution is -2.25. The van der Waals surface area contributed by atoms with Gasteiger partial charge in [0.15, 0.2) is 0 Å². The Morgan fingerprint density at radius 2 is 2.00 bits per heavy atom. The van der Waals surface area contributed by atoms with E-state index in [4.69, 9.17) is 22.1 Å². The summed E-state index contributed by atoms with van der Waals surface area (Å²) in [6.45, 7) is 0. The molecule has 0 spiro atoms. The second-order valence-electron chi connectivity index (χ2n) is 4.77. The Balaban J connectivity index is 2.01. The van der Waals surface area contributed by atoms with Crippen molar-refractivity contribution < 1.29 is 13.5 Å². The molecular formula is C15H12ClF2NO. The molecule has 1 aliphatic heterocycles. The summed E-state index contributed by atoms with van der Waals surface area (Å²) in [4.78, 5) is 0. The van der Waals surface area contributed by atoms with Crippen molar-refractivity contribution >= 4 is 11.6 Å². The third-order valence-corrected chi connectivity index (χ3v) is 3.76. The minimum absolute atomic E-state index is 0.291. The Kier molecular flexibility index (Phi) is 3.36. The van der Waals surface area contributed by atoms with Crippen LogP contribution in [0, 0.1) is 11.6 Å². The second-order valence-corrected chi connectivity index (χ2v) is 5.17. The van der Waals surface area contributed by atoms with Crippen molar-refractivity contribution in [3.8, 4) is 5.75 Å². The van der Waals surface area contributed by atoms with Crippen molar-refractivity contribution in [1.82, 2.24) is 0 Å². The molecule has 2 N–H and O–H groups in total. The fourth-order valence-electron chi connectivity index (χ4n) is 2.47. The molecule has 104 valence electrons. The van der Waals surface area contributed by atoms with Crippen LogP contribution in [-0.4, -0.2) is 0 Å². The zero-order valence-electron chi connectivity index (χ0n) is 10.4. The van der Waals surface area contributed by atoms with Crippen molar-refractivity contribution in [3.05, 3.63) is 64.2 Å². The first-order chi connectivity index (χ1) is 9.56. The van der Waals surface area contributed by atoms with Gasteiger partial charge >= 0.3 is 0 Å². The van der Waals surface area contributed by atoms with Crippen LogP contribution in [0.25, 0.3) is 0 Å². The number of fused-ring (bicyclic) bond motifs is 1. The molecule has 2 nitrogen and oxygen atoms in total. The summed E-state index contributed by atoms with van der Waals surface area (Å²) in [5.74, 6) is -0.333. The maximum Gasteiger partial charge on any atom is 0.131 e. The van der Waals surface area contributed by atoms with Crippen LogP contribution in [0.2, 0.25) is 5.02 Å². The SMILES string of the molecule is N[C@@H]1CC(c2c(F)cccc2Cl)Oc2ccc(F)cc21. The monoisotopic (exact) mass is 295 g/mol. The van der Waals surface area contributed by atoms with E-state index in [-0.39, 0.29) is 5.82 Å². The largest absolute Gasteiger partial charge is 0.485 e. The van der Waals surface area contributed by atoms with E-state index < -0.39 is 18.0 Å². The van der Waals surface area contributed by atoms with Gasteiger partial charge < -0.3 is 10.5 Å². The predicted octanol–water partition coefficient (Wildman–Crippen LogP) is 4.14. The molecule has 0 aliphatic carbocycles. The molecule has 1 heterocycles. The Bertz CT molecular complexity index is 642. The maximum atomic E-state index is 13.9. The zero-order valence-corrected chi connectivity index (χ0v) is 11.2. The average molecular weight is 296 g/mol. The van der Waals surface area contributed by atoms with Gasteiger partial charge in [-0.3, -0.25) is 0 Å². The summed E-state index contributed by atoms with van der Waals surface area (Å²) in [5, 5.41) is 0.299. The van der Waals surface area contributed by atoms with Gasteiger partial charge in [-0.25, -0.2) is 8.78 Å². The molecule has 0 saturated carbocycles. The van der Waals surface area contributed by atoms with E-state index in [0.717, 1.165) is 0 Å². The number of rotatable bonds is 1. The summed E-state index contributed by atoms with van der Waals surface area (Å²) in [7, 11) is 0. The van der Waals surface area contributed by atoms with Gasteiger partial charge in [0.05, 0.1) is 5.02 Å². The lowest BCUT2D eigenvalue weighted by molar-refractivity contribution is 0.157. The highest BCUT2D eigenvalue weighted by atomic mass is 35.5. The molecule has 0 amide bonds. The van der Waals surface area contributed by atoms with Gasteiger partial charge in [0.1, 0.15) is 23.5 Å². The van der Waals surface area contributed by atoms with E-state index in [2.05, 4.69) is 0 Å². The summed E-state index contributed by atoms with van der Waals surface area (Å²) in [6, 6.07) is 8.19. The normalized spacial score (nSPS) is 21.2. The molecule has 1 unspecified atom stereocenters. The molecule has 2 aromatic rings. The van der Waals surface area contributed by atoms with E-state index in [9.17, 15) is 8.78 Å². The first kappa shape index (κ1) is 13.3. The quantitative estimate of drug-likeness (QED) is 0.858. The minimum atomic E-state index is -0.573. The fraction of sp³-hybridized carbons (Fsp3) is 0.200. The Hall–Kier alpha value is -1.65. The number of hydrogen-bond donors (Lipinski definition) is 1. The molecule has 20 heavy (non-hydrogen) atoms. The van der Waals surface area contributed by atoms with Crippen LogP contribution in [0.1, 0.15) is 29.7 Å². The molecule has 2 aromatic carbocycles. The molecule has 0 aromatic heterocycles. The predicted molar refractivity (Wildman–Crippen MR) is 72.7 cm³/mol. The highest BCUT2D eigenvalue weighted by molar-refractivity contribution is 6.31. The van der Waals surface area contributed by atoms with Crippen molar-refractivity contribution in [3.63, 3.8) is 0 Å². The smallest absolute Gasteiger partial charge is 0.131 e. The first-order valence-corrected chi connectivity index (χ1v) is 6.59. The second kappa shape index (κ2) is 5.04. The van der Waals surface area contributed by atoms with E-state index >= 15 is 0 Å². The lowest BCUT2D eigenvalue weighted by Gasteiger charge is -2.31. The van der Waals surface area contributed by atoms with Gasteiger partial charge in [-0.2, -0.15) is 0 Å². The van der Waals surface area contributed by atoms with Crippen LogP contribution in [0.5, 0.6) is 5.75 Å². The summed E-state index contributed by atoms with van der Waals surface area (Å²) < 4.78 is 32.9. The van der Waals surface area contributed by atoms with Crippen LogP contribution in [-0.2, 0) is 0 Å². The lowest BCUT2D eigenvalue weighted by atomic mass is 9.93. The number of ether oxygens (including phenoxy) is 1. The molecule has 1 aliphatic rings. The Morgan fingerprint density at radius 3 is 2.75 bits per heavy atom. The molecule has 2 atom stereocenters. The summed E-state index contributed by atoms with van der Waals surface area (Å²) in [6.07, 6.45) is -0.228. The van der Waals surface area contributed by atoms with Crippen LogP contribution in [0.15, 0.2) is 36.4 Å². The summed E-state index contributed by atoms with van der Waals surface area (Å²) >= 11 is 6.04. The molecule has 0 saturated heterocycles. The Morgan fingerprint density at radius 1 is 1.20 bits per heavy atom. The van der Waals surface area contributed by atoms with Gasteiger partial charge in [-0.15, -0.1) is 0 Å². The van der Waals surface area contributed by atoms with E-state index in [0.29, 0.717) is 28.3 Å². The van der Waals surface area contributed by atoms with Crippen LogP contribution in [0.4, 0.5) is 8.78 Å². The third-order valence-electron chi connectivity index (χ3n) is 3.43. The van der Waals surface area contributed by atoms with E-state index in [1.54, 1.807) is 6.07 Å². The van der Waals surface area contributed by atoms with Crippen molar-refractivity contribution in [2.24, 2.45) is 5.73 Å². The highest BCUT2D eigenvalue weighted by Crippen LogP contribution is 2.42. The van der Waals surface area contributed by atoms with Gasteiger partial charge in [-0.05, 0) is 30.3 Å². The zero-order chi connectivity index (χ0) is 14.3. The van der Waals surface area contributed by atoms with Gasteiger partial charge in [0, 0.05) is 23.6 Å². The first-order valence-electron chi connectivity index (χ1n) is 6.22. The van der Waals surface area contributed by atoms with Crippen molar-refractivity contribution in [1.29, 1.82) is 0 Å². The molecule has 0 bridgehead atoms. The molecular weight excluding hydrogens is 284 g/mol. The van der Waals surface area contributed by atoms with Gasteiger partial charge in [0.2, 0.25) is 0 Å². The van der Waals surface area contributed by atoms with Crippen LogP contribution < -0.4 is 10.5 Å². The maximum absolute atomic E-state index is 13.9. The molecule has 0 radical (unpaired) electrons. The van der Waals surface area contributed by atoms with E-state index in [1.807, 2.05) is 0 Å². The average Bonchev–Trinajstić information content (AvgIpc) is 2.39. The molecule has 5 heteroatoms. The fourth-order valence-corrected chi connectivity index (χ4v) is 2.76. The number of nitrogens with two attached hydrogens (primary N) is 1. The van der Waals surface area contributed by atoms with Gasteiger partial charge in [-0.1, -0.05) is 17.7 Å². The van der Waals surface area contributed by atoms with Crippen molar-refractivity contribution in [2.75, 3.05) is 0 Å². The molecule has 0 fully saturated rings. The number of halogens is 3. The highest BCUT2D eigenvalue weighted by Gasteiger charge is 2.30. The van der Waals surface area contributed by atoms with Crippen molar-refractivity contribution in [2.45, 2.75) is 18.6 Å². The topological polar surface area (TPSA) is 35.2 Å². The molecule has 3 rings (SSSR count). The standard InChI is InChI=1S/C15H12ClF2NO/c16-10-2-1-3-11(18)15(10)14-7-12(19)9-6-8(17)4-5-13(9)20-14/h1-6,12,14H,7,19H2/t12-,14?/m1/s1. The van der Waals surface area contributed by atoms with Gasteiger partial charge in [0.25, 0.3) is 0 Å². The van der Waals surface area contributed by atoms with E-state index in [1.165, 1.54) is 30.3 Å². The van der Waals surface area contributed by atoms with Crippen LogP contribution >= 0.6 is 11.6 Å². The number of benzene rings is 2. The Labute approximate surface area is 120 Å².